The predicted molar refractivity (Wildman–Crippen MR) is 40.5 cm³/mol. The Labute approximate surface area is 62.5 Å². The van der Waals surface area contributed by atoms with Gasteiger partial charge in [0.2, 0.25) is 0 Å². The first-order valence-electron chi connectivity index (χ1n) is 3.50. The van der Waals surface area contributed by atoms with Crippen LogP contribution in [0.5, 0.6) is 0 Å². The summed E-state index contributed by atoms with van der Waals surface area (Å²) in [7, 11) is 0. The van der Waals surface area contributed by atoms with E-state index in [0.717, 1.165) is 13.0 Å². The van der Waals surface area contributed by atoms with Crippen molar-refractivity contribution in [2.75, 3.05) is 20.0 Å². The third-order valence-corrected chi connectivity index (χ3v) is 0.906. The minimum atomic E-state index is 0.371. The Morgan fingerprint density at radius 3 is 2.60 bits per heavy atom. The van der Waals surface area contributed by atoms with Crippen LogP contribution in [0.15, 0.2) is 0 Å². The Hall–Kier alpha value is -0.520. The Morgan fingerprint density at radius 2 is 2.00 bits per heavy atom. The molecule has 58 valence electrons. The summed E-state index contributed by atoms with van der Waals surface area (Å²) >= 11 is 0. The summed E-state index contributed by atoms with van der Waals surface area (Å²) in [5.41, 5.74) is 0. The van der Waals surface area contributed by atoms with Gasteiger partial charge >= 0.3 is 0 Å². The Kier molecular flexibility index (Phi) is 8.04. The monoisotopic (exact) mass is 142 g/mol. The van der Waals surface area contributed by atoms with Gasteiger partial charge < -0.3 is 9.47 Å². The van der Waals surface area contributed by atoms with Crippen molar-refractivity contribution in [3.63, 3.8) is 0 Å². The molecule has 2 nitrogen and oxygen atoms in total. The van der Waals surface area contributed by atoms with Gasteiger partial charge in [0.25, 0.3) is 0 Å². The highest BCUT2D eigenvalue weighted by Crippen LogP contribution is 1.83. The molecule has 0 fully saturated rings. The summed E-state index contributed by atoms with van der Waals surface area (Å²) in [5, 5.41) is 0. The molecule has 0 atom stereocenters. The quantitative estimate of drug-likeness (QED) is 0.317. The van der Waals surface area contributed by atoms with Crippen molar-refractivity contribution < 1.29 is 9.47 Å². The second kappa shape index (κ2) is 8.48. The van der Waals surface area contributed by atoms with Gasteiger partial charge in [0, 0.05) is 13.0 Å². The van der Waals surface area contributed by atoms with Crippen LogP contribution in [0.4, 0.5) is 0 Å². The molecule has 0 heterocycles. The number of terminal acetylenes is 1. The Morgan fingerprint density at radius 1 is 1.30 bits per heavy atom. The molecule has 10 heavy (non-hydrogen) atoms. The second-order valence-corrected chi connectivity index (χ2v) is 1.89. The zero-order chi connectivity index (χ0) is 7.66. The van der Waals surface area contributed by atoms with Gasteiger partial charge in [0.05, 0.1) is 6.61 Å². The van der Waals surface area contributed by atoms with Gasteiger partial charge in [-0.15, -0.1) is 12.3 Å². The van der Waals surface area contributed by atoms with Crippen molar-refractivity contribution in [3.8, 4) is 12.3 Å². The van der Waals surface area contributed by atoms with E-state index in [0.29, 0.717) is 19.8 Å². The van der Waals surface area contributed by atoms with Gasteiger partial charge in [-0.1, -0.05) is 6.92 Å². The summed E-state index contributed by atoms with van der Waals surface area (Å²) < 4.78 is 10.0. The van der Waals surface area contributed by atoms with Crippen molar-refractivity contribution in [2.24, 2.45) is 0 Å². The largest absolute Gasteiger partial charge is 0.355 e. The fourth-order valence-electron chi connectivity index (χ4n) is 0.452. The maximum Gasteiger partial charge on any atom is 0.146 e. The molecule has 0 unspecified atom stereocenters. The zero-order valence-corrected chi connectivity index (χ0v) is 6.43. The van der Waals surface area contributed by atoms with Crippen molar-refractivity contribution in [1.29, 1.82) is 0 Å². The van der Waals surface area contributed by atoms with E-state index in [1.807, 2.05) is 0 Å². The average Bonchev–Trinajstić information content (AvgIpc) is 1.97. The lowest BCUT2D eigenvalue weighted by Gasteiger charge is -2.01. The van der Waals surface area contributed by atoms with E-state index < -0.39 is 0 Å². The van der Waals surface area contributed by atoms with Gasteiger partial charge in [-0.25, -0.2) is 0 Å². The third-order valence-electron chi connectivity index (χ3n) is 0.906. The third kappa shape index (κ3) is 7.48. The fourth-order valence-corrected chi connectivity index (χ4v) is 0.452. The fraction of sp³-hybridized carbons (Fsp3) is 0.750. The molecule has 0 N–H and O–H groups in total. The van der Waals surface area contributed by atoms with Gasteiger partial charge in [-0.2, -0.15) is 0 Å². The maximum atomic E-state index is 5.04. The topological polar surface area (TPSA) is 18.5 Å². The molecule has 0 rings (SSSR count). The van der Waals surface area contributed by atoms with E-state index in [1.54, 1.807) is 0 Å². The van der Waals surface area contributed by atoms with Crippen LogP contribution in [-0.2, 0) is 9.47 Å². The molecule has 0 aliphatic rings. The molecular formula is C8H14O2. The SMILES string of the molecule is C#CCCOCOCCC. The van der Waals surface area contributed by atoms with E-state index in [4.69, 9.17) is 15.9 Å². The van der Waals surface area contributed by atoms with E-state index in [1.165, 1.54) is 0 Å². The molecule has 0 radical (unpaired) electrons. The standard InChI is InChI=1S/C8H14O2/c1-3-5-7-10-8-9-6-4-2/h1H,4-8H2,2H3. The van der Waals surface area contributed by atoms with Crippen LogP contribution in [0.25, 0.3) is 0 Å². The number of rotatable bonds is 6. The van der Waals surface area contributed by atoms with Gasteiger partial charge in [0.1, 0.15) is 6.79 Å². The van der Waals surface area contributed by atoms with E-state index in [9.17, 15) is 0 Å². The number of ether oxygens (including phenoxy) is 2. The van der Waals surface area contributed by atoms with Gasteiger partial charge in [0.15, 0.2) is 0 Å². The first-order valence-corrected chi connectivity index (χ1v) is 3.50. The molecule has 2 heteroatoms. The van der Waals surface area contributed by atoms with Crippen molar-refractivity contribution >= 4 is 0 Å². The summed E-state index contributed by atoms with van der Waals surface area (Å²) in [6.07, 6.45) is 6.69. The van der Waals surface area contributed by atoms with Crippen LogP contribution in [0.3, 0.4) is 0 Å². The van der Waals surface area contributed by atoms with Crippen molar-refractivity contribution in [2.45, 2.75) is 19.8 Å². The molecule has 0 bridgehead atoms. The van der Waals surface area contributed by atoms with Crippen LogP contribution in [0.2, 0.25) is 0 Å². The molecule has 0 aliphatic carbocycles. The van der Waals surface area contributed by atoms with Gasteiger partial charge in [-0.3, -0.25) is 0 Å². The Balaban J connectivity index is 2.72. The van der Waals surface area contributed by atoms with E-state index >= 15 is 0 Å². The molecule has 0 saturated heterocycles. The van der Waals surface area contributed by atoms with Crippen LogP contribution in [0.1, 0.15) is 19.8 Å². The molecular weight excluding hydrogens is 128 g/mol. The average molecular weight is 142 g/mol. The van der Waals surface area contributed by atoms with Crippen LogP contribution < -0.4 is 0 Å². The predicted octanol–water partition coefficient (Wildman–Crippen LogP) is 1.41. The summed E-state index contributed by atoms with van der Waals surface area (Å²) in [5.74, 6) is 2.48. The lowest BCUT2D eigenvalue weighted by molar-refractivity contribution is -0.0515. The van der Waals surface area contributed by atoms with Crippen LogP contribution in [-0.4, -0.2) is 20.0 Å². The molecule has 0 aliphatic heterocycles. The van der Waals surface area contributed by atoms with Crippen molar-refractivity contribution in [1.82, 2.24) is 0 Å². The highest BCUT2D eigenvalue weighted by molar-refractivity contribution is 4.82. The summed E-state index contributed by atoms with van der Waals surface area (Å²) in [6, 6.07) is 0. The van der Waals surface area contributed by atoms with Gasteiger partial charge in [-0.05, 0) is 6.42 Å². The number of hydrogen-bond donors (Lipinski definition) is 0. The molecule has 0 saturated carbocycles. The van der Waals surface area contributed by atoms with Crippen molar-refractivity contribution in [3.05, 3.63) is 0 Å². The molecule has 0 spiro atoms. The minimum absolute atomic E-state index is 0.371. The highest BCUT2D eigenvalue weighted by atomic mass is 16.7. The van der Waals surface area contributed by atoms with E-state index in [2.05, 4.69) is 12.8 Å². The lowest BCUT2D eigenvalue weighted by Crippen LogP contribution is -2.01. The van der Waals surface area contributed by atoms with Crippen LogP contribution >= 0.6 is 0 Å². The maximum absolute atomic E-state index is 5.04. The minimum Gasteiger partial charge on any atom is -0.355 e. The Bertz CT molecular complexity index is 93.9. The van der Waals surface area contributed by atoms with E-state index in [-0.39, 0.29) is 0 Å². The lowest BCUT2D eigenvalue weighted by atomic mass is 10.5. The summed E-state index contributed by atoms with van der Waals surface area (Å²) in [4.78, 5) is 0. The molecule has 0 aromatic carbocycles. The summed E-state index contributed by atoms with van der Waals surface area (Å²) in [6.45, 7) is 3.78. The normalized spacial score (nSPS) is 9.20. The second-order valence-electron chi connectivity index (χ2n) is 1.89. The zero-order valence-electron chi connectivity index (χ0n) is 6.43. The highest BCUT2D eigenvalue weighted by Gasteiger charge is 1.84. The smallest absolute Gasteiger partial charge is 0.146 e. The first kappa shape index (κ1) is 9.48. The first-order chi connectivity index (χ1) is 4.91. The molecule has 0 amide bonds. The van der Waals surface area contributed by atoms with Crippen LogP contribution in [0, 0.1) is 12.3 Å². The number of hydrogen-bond acceptors (Lipinski definition) is 2. The molecule has 0 aromatic heterocycles. The molecule has 0 aromatic rings.